The molecule has 1 N–H and O–H groups in total. The van der Waals surface area contributed by atoms with Crippen molar-refractivity contribution >= 4 is 11.7 Å². The largest absolute Gasteiger partial charge is 0.454 e. The second-order valence-corrected chi connectivity index (χ2v) is 7.25. The van der Waals surface area contributed by atoms with Gasteiger partial charge >= 0.3 is 0 Å². The maximum atomic E-state index is 12.8. The summed E-state index contributed by atoms with van der Waals surface area (Å²) in [5.41, 5.74) is 1.69. The van der Waals surface area contributed by atoms with Crippen LogP contribution in [0.4, 0.5) is 5.82 Å². The van der Waals surface area contributed by atoms with Crippen LogP contribution in [0.3, 0.4) is 0 Å². The Balaban J connectivity index is 1.49. The molecule has 1 amide bonds. The first-order chi connectivity index (χ1) is 12.1. The summed E-state index contributed by atoms with van der Waals surface area (Å²) >= 11 is 0. The molecule has 2 aromatic rings. The Morgan fingerprint density at radius 3 is 2.68 bits per heavy atom. The van der Waals surface area contributed by atoms with Gasteiger partial charge in [-0.1, -0.05) is 26.0 Å². The first kappa shape index (κ1) is 15.9. The minimum Gasteiger partial charge on any atom is -0.454 e. The molecule has 0 saturated heterocycles. The molecule has 1 saturated carbocycles. The van der Waals surface area contributed by atoms with Crippen molar-refractivity contribution in [2.45, 2.75) is 38.5 Å². The van der Waals surface area contributed by atoms with E-state index in [2.05, 4.69) is 24.1 Å². The average Bonchev–Trinajstić information content (AvgIpc) is 3.27. The molecule has 1 fully saturated rings. The van der Waals surface area contributed by atoms with Crippen LogP contribution in [-0.2, 0) is 16.6 Å². The van der Waals surface area contributed by atoms with Gasteiger partial charge in [-0.05, 0) is 54.5 Å². The molecule has 1 aromatic heterocycles. The van der Waals surface area contributed by atoms with Crippen molar-refractivity contribution in [1.29, 1.82) is 0 Å². The number of aromatic nitrogens is 1. The molecule has 2 aliphatic rings. The van der Waals surface area contributed by atoms with Crippen molar-refractivity contribution < 1.29 is 14.3 Å². The monoisotopic (exact) mass is 338 g/mol. The van der Waals surface area contributed by atoms with E-state index >= 15 is 0 Å². The summed E-state index contributed by atoms with van der Waals surface area (Å²) in [4.78, 5) is 17.2. The highest BCUT2D eigenvalue weighted by atomic mass is 16.7. The van der Waals surface area contributed by atoms with Gasteiger partial charge in [-0.25, -0.2) is 4.98 Å². The summed E-state index contributed by atoms with van der Waals surface area (Å²) in [6, 6.07) is 9.67. The van der Waals surface area contributed by atoms with E-state index in [9.17, 15) is 4.79 Å². The van der Waals surface area contributed by atoms with E-state index in [1.807, 2.05) is 36.5 Å². The summed E-state index contributed by atoms with van der Waals surface area (Å²) < 4.78 is 10.8. The summed E-state index contributed by atoms with van der Waals surface area (Å²) in [7, 11) is 0. The number of fused-ring (bicyclic) bond motifs is 1. The van der Waals surface area contributed by atoms with Gasteiger partial charge in [0.2, 0.25) is 12.7 Å². The number of carbonyl (C=O) groups excluding carboxylic acids is 1. The zero-order chi connectivity index (χ0) is 17.4. The standard InChI is InChI=1S/C20H22N2O3/c1-13(2)9-14-3-6-18(21-11-14)22-19(23)20(7-8-20)15-4-5-16-17(10-15)25-12-24-16/h3-6,10-11,13H,7-9,12H2,1-2H3,(H,21,22,23). The van der Waals surface area contributed by atoms with E-state index in [1.54, 1.807) is 0 Å². The fourth-order valence-electron chi connectivity index (χ4n) is 3.29. The summed E-state index contributed by atoms with van der Waals surface area (Å²) in [5, 5.41) is 2.97. The zero-order valence-corrected chi connectivity index (χ0v) is 14.5. The third-order valence-corrected chi connectivity index (χ3v) is 4.82. The van der Waals surface area contributed by atoms with Crippen LogP contribution < -0.4 is 14.8 Å². The number of carbonyl (C=O) groups is 1. The second kappa shape index (κ2) is 6.06. The molecule has 0 atom stereocenters. The van der Waals surface area contributed by atoms with Gasteiger partial charge in [0.25, 0.3) is 0 Å². The fraction of sp³-hybridized carbons (Fsp3) is 0.400. The number of ether oxygens (including phenoxy) is 2. The van der Waals surface area contributed by atoms with E-state index in [1.165, 1.54) is 5.56 Å². The molecule has 1 aromatic carbocycles. The maximum Gasteiger partial charge on any atom is 0.236 e. The molecular weight excluding hydrogens is 316 g/mol. The van der Waals surface area contributed by atoms with Crippen LogP contribution in [0, 0.1) is 5.92 Å². The predicted octanol–water partition coefficient (Wildman–Crippen LogP) is 3.68. The van der Waals surface area contributed by atoms with Crippen LogP contribution in [0.15, 0.2) is 36.5 Å². The Bertz CT molecular complexity index is 795. The topological polar surface area (TPSA) is 60.5 Å². The van der Waals surface area contributed by atoms with E-state index in [0.717, 1.165) is 30.6 Å². The molecule has 0 bridgehead atoms. The van der Waals surface area contributed by atoms with Crippen molar-refractivity contribution in [2.75, 3.05) is 12.1 Å². The van der Waals surface area contributed by atoms with Crippen molar-refractivity contribution in [1.82, 2.24) is 4.98 Å². The number of anilines is 1. The molecule has 1 aliphatic heterocycles. The molecule has 5 nitrogen and oxygen atoms in total. The minimum atomic E-state index is -0.473. The molecule has 0 radical (unpaired) electrons. The van der Waals surface area contributed by atoms with Crippen LogP contribution in [-0.4, -0.2) is 17.7 Å². The lowest BCUT2D eigenvalue weighted by Crippen LogP contribution is -2.28. The van der Waals surface area contributed by atoms with Gasteiger partial charge in [-0.3, -0.25) is 4.79 Å². The Hall–Kier alpha value is -2.56. The summed E-state index contributed by atoms with van der Waals surface area (Å²) in [6.45, 7) is 4.60. The van der Waals surface area contributed by atoms with Crippen molar-refractivity contribution in [3.63, 3.8) is 0 Å². The van der Waals surface area contributed by atoms with Gasteiger partial charge in [0, 0.05) is 6.20 Å². The van der Waals surface area contributed by atoms with E-state index in [0.29, 0.717) is 17.5 Å². The molecule has 2 heterocycles. The SMILES string of the molecule is CC(C)Cc1ccc(NC(=O)C2(c3ccc4c(c3)OCO4)CC2)nc1. The Labute approximate surface area is 147 Å². The summed E-state index contributed by atoms with van der Waals surface area (Å²) in [6.07, 6.45) is 4.51. The number of nitrogens with one attached hydrogen (secondary N) is 1. The lowest BCUT2D eigenvalue weighted by Gasteiger charge is -2.16. The quantitative estimate of drug-likeness (QED) is 0.903. The van der Waals surface area contributed by atoms with E-state index in [4.69, 9.17) is 9.47 Å². The van der Waals surface area contributed by atoms with Gasteiger partial charge in [-0.15, -0.1) is 0 Å². The number of benzene rings is 1. The predicted molar refractivity (Wildman–Crippen MR) is 94.9 cm³/mol. The highest BCUT2D eigenvalue weighted by Gasteiger charge is 2.51. The third kappa shape index (κ3) is 3.06. The molecule has 130 valence electrons. The molecule has 25 heavy (non-hydrogen) atoms. The maximum absolute atomic E-state index is 12.8. The normalized spacial score (nSPS) is 16.8. The second-order valence-electron chi connectivity index (χ2n) is 7.25. The number of rotatable bonds is 5. The smallest absolute Gasteiger partial charge is 0.236 e. The number of hydrogen-bond acceptors (Lipinski definition) is 4. The highest BCUT2D eigenvalue weighted by molar-refractivity contribution is 6.01. The number of nitrogens with zero attached hydrogens (tertiary/aromatic N) is 1. The number of amides is 1. The van der Waals surface area contributed by atoms with E-state index in [-0.39, 0.29) is 12.7 Å². The lowest BCUT2D eigenvalue weighted by atomic mass is 9.94. The van der Waals surface area contributed by atoms with Gasteiger partial charge in [-0.2, -0.15) is 0 Å². The van der Waals surface area contributed by atoms with Crippen LogP contribution in [0.25, 0.3) is 0 Å². The minimum absolute atomic E-state index is 0.00419. The Kier molecular flexibility index (Phi) is 3.86. The molecule has 0 unspecified atom stereocenters. The third-order valence-electron chi connectivity index (χ3n) is 4.82. The van der Waals surface area contributed by atoms with E-state index < -0.39 is 5.41 Å². The first-order valence-corrected chi connectivity index (χ1v) is 8.73. The van der Waals surface area contributed by atoms with Crippen molar-refractivity contribution in [3.05, 3.63) is 47.7 Å². The zero-order valence-electron chi connectivity index (χ0n) is 14.5. The van der Waals surface area contributed by atoms with Gasteiger partial charge in [0.1, 0.15) is 5.82 Å². The van der Waals surface area contributed by atoms with Crippen molar-refractivity contribution in [2.24, 2.45) is 5.92 Å². The number of pyridine rings is 1. The molecule has 5 heteroatoms. The highest BCUT2D eigenvalue weighted by Crippen LogP contribution is 2.51. The van der Waals surface area contributed by atoms with Crippen LogP contribution in [0.2, 0.25) is 0 Å². The molecule has 1 aliphatic carbocycles. The van der Waals surface area contributed by atoms with Crippen LogP contribution >= 0.6 is 0 Å². The average molecular weight is 338 g/mol. The fourth-order valence-corrected chi connectivity index (χ4v) is 3.29. The van der Waals surface area contributed by atoms with Crippen molar-refractivity contribution in [3.8, 4) is 11.5 Å². The Morgan fingerprint density at radius 1 is 1.20 bits per heavy atom. The molecule has 4 rings (SSSR count). The summed E-state index contributed by atoms with van der Waals surface area (Å²) in [5.74, 6) is 2.64. The lowest BCUT2D eigenvalue weighted by molar-refractivity contribution is -0.118. The number of hydrogen-bond donors (Lipinski definition) is 1. The molecular formula is C20H22N2O3. The van der Waals surface area contributed by atoms with Gasteiger partial charge < -0.3 is 14.8 Å². The Morgan fingerprint density at radius 2 is 2.00 bits per heavy atom. The van der Waals surface area contributed by atoms with Crippen LogP contribution in [0.5, 0.6) is 11.5 Å². The van der Waals surface area contributed by atoms with Gasteiger partial charge in [0.05, 0.1) is 5.41 Å². The van der Waals surface area contributed by atoms with Crippen LogP contribution in [0.1, 0.15) is 37.8 Å². The first-order valence-electron chi connectivity index (χ1n) is 8.73. The molecule has 0 spiro atoms. The van der Waals surface area contributed by atoms with Gasteiger partial charge in [0.15, 0.2) is 11.5 Å².